The monoisotopic (exact) mass is 233 g/mol. The van der Waals surface area contributed by atoms with Crippen LogP contribution in [-0.2, 0) is 15.5 Å². The number of aryl methyl sites for hydroxylation is 1. The standard InChI is InChI=1S/C9H12ClNO2S/c1-4-8-6(2)9(14(10,12)13)5-11-7(8)3/h5H,4H2,1-3H3. The molecule has 0 amide bonds. The van der Waals surface area contributed by atoms with Gasteiger partial charge < -0.3 is 0 Å². The first-order valence-corrected chi connectivity index (χ1v) is 6.58. The molecular formula is C9H12ClNO2S. The molecule has 0 aliphatic heterocycles. The SMILES string of the molecule is CCc1c(C)ncc(S(=O)(=O)Cl)c1C. The molecule has 0 aliphatic rings. The van der Waals surface area contributed by atoms with E-state index in [-0.39, 0.29) is 4.90 Å². The highest BCUT2D eigenvalue weighted by Gasteiger charge is 2.16. The minimum Gasteiger partial charge on any atom is -0.260 e. The van der Waals surface area contributed by atoms with Crippen LogP contribution < -0.4 is 0 Å². The molecule has 5 heteroatoms. The Kier molecular flexibility index (Phi) is 3.17. The highest BCUT2D eigenvalue weighted by atomic mass is 35.7. The van der Waals surface area contributed by atoms with E-state index in [0.29, 0.717) is 5.56 Å². The molecule has 1 aromatic rings. The van der Waals surface area contributed by atoms with Crippen molar-refractivity contribution in [3.8, 4) is 0 Å². The summed E-state index contributed by atoms with van der Waals surface area (Å²) in [5, 5.41) is 0. The summed E-state index contributed by atoms with van der Waals surface area (Å²) in [5.41, 5.74) is 2.51. The van der Waals surface area contributed by atoms with E-state index in [1.165, 1.54) is 6.20 Å². The van der Waals surface area contributed by atoms with Gasteiger partial charge in [-0.25, -0.2) is 8.42 Å². The van der Waals surface area contributed by atoms with Crippen LogP contribution in [0.1, 0.15) is 23.7 Å². The molecule has 14 heavy (non-hydrogen) atoms. The molecule has 0 N–H and O–H groups in total. The van der Waals surface area contributed by atoms with Gasteiger partial charge in [-0.15, -0.1) is 0 Å². The molecule has 0 atom stereocenters. The Labute approximate surface area is 88.5 Å². The van der Waals surface area contributed by atoms with Gasteiger partial charge in [-0.2, -0.15) is 0 Å². The van der Waals surface area contributed by atoms with Gasteiger partial charge in [0, 0.05) is 22.6 Å². The predicted octanol–water partition coefficient (Wildman–Crippen LogP) is 2.19. The highest BCUT2D eigenvalue weighted by molar-refractivity contribution is 8.13. The molecule has 0 saturated carbocycles. The van der Waals surface area contributed by atoms with Crippen LogP contribution in [0.3, 0.4) is 0 Å². The lowest BCUT2D eigenvalue weighted by molar-refractivity contribution is 0.608. The van der Waals surface area contributed by atoms with Gasteiger partial charge in [-0.1, -0.05) is 6.92 Å². The van der Waals surface area contributed by atoms with Crippen molar-refractivity contribution in [2.24, 2.45) is 0 Å². The first-order valence-electron chi connectivity index (χ1n) is 4.27. The second-order valence-corrected chi connectivity index (χ2v) is 5.64. The van der Waals surface area contributed by atoms with Crippen molar-refractivity contribution in [2.75, 3.05) is 0 Å². The average molecular weight is 234 g/mol. The number of aromatic nitrogens is 1. The van der Waals surface area contributed by atoms with Crippen LogP contribution in [0.25, 0.3) is 0 Å². The van der Waals surface area contributed by atoms with Gasteiger partial charge in [-0.05, 0) is 31.4 Å². The summed E-state index contributed by atoms with van der Waals surface area (Å²) >= 11 is 0. The Morgan fingerprint density at radius 1 is 1.43 bits per heavy atom. The zero-order valence-corrected chi connectivity index (χ0v) is 9.91. The van der Waals surface area contributed by atoms with Gasteiger partial charge in [-0.3, -0.25) is 4.98 Å². The summed E-state index contributed by atoms with van der Waals surface area (Å²) in [6.45, 7) is 5.57. The first kappa shape index (κ1) is 11.5. The van der Waals surface area contributed by atoms with Crippen molar-refractivity contribution in [1.82, 2.24) is 4.98 Å². The van der Waals surface area contributed by atoms with Gasteiger partial charge in [0.25, 0.3) is 9.05 Å². The van der Waals surface area contributed by atoms with Crippen molar-refractivity contribution >= 4 is 19.7 Å². The minimum absolute atomic E-state index is 0.113. The molecule has 1 rings (SSSR count). The van der Waals surface area contributed by atoms with Crippen molar-refractivity contribution in [1.29, 1.82) is 0 Å². The number of nitrogens with zero attached hydrogens (tertiary/aromatic N) is 1. The van der Waals surface area contributed by atoms with Gasteiger partial charge in [0.1, 0.15) is 4.90 Å². The van der Waals surface area contributed by atoms with Crippen LogP contribution in [0.15, 0.2) is 11.1 Å². The predicted molar refractivity (Wildman–Crippen MR) is 56.1 cm³/mol. The molecule has 78 valence electrons. The maximum atomic E-state index is 11.2. The molecule has 0 spiro atoms. The zero-order valence-electron chi connectivity index (χ0n) is 8.33. The number of pyridine rings is 1. The largest absolute Gasteiger partial charge is 0.263 e. The summed E-state index contributed by atoms with van der Waals surface area (Å²) < 4.78 is 22.3. The third-order valence-electron chi connectivity index (χ3n) is 2.25. The quantitative estimate of drug-likeness (QED) is 0.736. The van der Waals surface area contributed by atoms with E-state index in [2.05, 4.69) is 4.98 Å². The Bertz CT molecular complexity index is 454. The molecule has 0 saturated heterocycles. The van der Waals surface area contributed by atoms with Crippen LogP contribution >= 0.6 is 10.7 Å². The van der Waals surface area contributed by atoms with E-state index in [1.54, 1.807) is 6.92 Å². The van der Waals surface area contributed by atoms with E-state index in [1.807, 2.05) is 13.8 Å². The molecule has 0 bridgehead atoms. The van der Waals surface area contributed by atoms with Gasteiger partial charge in [0.15, 0.2) is 0 Å². The highest BCUT2D eigenvalue weighted by Crippen LogP contribution is 2.23. The van der Waals surface area contributed by atoms with E-state index in [0.717, 1.165) is 17.7 Å². The molecule has 1 heterocycles. The van der Waals surface area contributed by atoms with E-state index >= 15 is 0 Å². The third-order valence-corrected chi connectivity index (χ3v) is 3.69. The summed E-state index contributed by atoms with van der Waals surface area (Å²) in [7, 11) is 1.60. The van der Waals surface area contributed by atoms with Crippen LogP contribution in [0, 0.1) is 13.8 Å². The second kappa shape index (κ2) is 3.87. The molecule has 1 aromatic heterocycles. The Morgan fingerprint density at radius 2 is 2.00 bits per heavy atom. The topological polar surface area (TPSA) is 47.0 Å². The van der Waals surface area contributed by atoms with E-state index in [9.17, 15) is 8.42 Å². The molecule has 0 aliphatic carbocycles. The lowest BCUT2D eigenvalue weighted by Crippen LogP contribution is -2.02. The fourth-order valence-corrected chi connectivity index (χ4v) is 2.65. The second-order valence-electron chi connectivity index (χ2n) is 3.10. The van der Waals surface area contributed by atoms with Crippen molar-refractivity contribution in [2.45, 2.75) is 32.1 Å². The smallest absolute Gasteiger partial charge is 0.260 e. The number of rotatable bonds is 2. The van der Waals surface area contributed by atoms with Crippen LogP contribution in [-0.4, -0.2) is 13.4 Å². The molecule has 0 unspecified atom stereocenters. The third kappa shape index (κ3) is 2.07. The van der Waals surface area contributed by atoms with Gasteiger partial charge >= 0.3 is 0 Å². The molecule has 0 fully saturated rings. The van der Waals surface area contributed by atoms with Crippen LogP contribution in [0.5, 0.6) is 0 Å². The van der Waals surface area contributed by atoms with E-state index < -0.39 is 9.05 Å². The molecule has 0 aromatic carbocycles. The summed E-state index contributed by atoms with van der Waals surface area (Å²) in [6, 6.07) is 0. The number of halogens is 1. The average Bonchev–Trinajstić information content (AvgIpc) is 2.02. The van der Waals surface area contributed by atoms with Crippen molar-refractivity contribution in [3.63, 3.8) is 0 Å². The summed E-state index contributed by atoms with van der Waals surface area (Å²) in [4.78, 5) is 4.13. The lowest BCUT2D eigenvalue weighted by Gasteiger charge is -2.09. The fourth-order valence-electron chi connectivity index (χ4n) is 1.52. The van der Waals surface area contributed by atoms with Crippen LogP contribution in [0.4, 0.5) is 0 Å². The Morgan fingerprint density at radius 3 is 2.43 bits per heavy atom. The Balaban J connectivity index is 3.52. The van der Waals surface area contributed by atoms with Crippen molar-refractivity contribution < 1.29 is 8.42 Å². The number of hydrogen-bond acceptors (Lipinski definition) is 3. The fraction of sp³-hybridized carbons (Fsp3) is 0.444. The summed E-state index contributed by atoms with van der Waals surface area (Å²) in [5.74, 6) is 0. The van der Waals surface area contributed by atoms with Gasteiger partial charge in [0.2, 0.25) is 0 Å². The van der Waals surface area contributed by atoms with E-state index in [4.69, 9.17) is 10.7 Å². The Hall–Kier alpha value is -0.610. The molecule has 3 nitrogen and oxygen atoms in total. The lowest BCUT2D eigenvalue weighted by atomic mass is 10.1. The minimum atomic E-state index is -3.67. The van der Waals surface area contributed by atoms with Crippen LogP contribution in [0.2, 0.25) is 0 Å². The molecular weight excluding hydrogens is 222 g/mol. The molecule has 0 radical (unpaired) electrons. The first-order chi connectivity index (χ1) is 6.38. The normalized spacial score (nSPS) is 11.7. The maximum Gasteiger partial charge on any atom is 0.263 e. The zero-order chi connectivity index (χ0) is 10.9. The maximum absolute atomic E-state index is 11.2. The summed E-state index contributed by atoms with van der Waals surface area (Å²) in [6.07, 6.45) is 2.07. The van der Waals surface area contributed by atoms with Crippen molar-refractivity contribution in [3.05, 3.63) is 23.0 Å². The van der Waals surface area contributed by atoms with Gasteiger partial charge in [0.05, 0.1) is 0 Å². The number of hydrogen-bond donors (Lipinski definition) is 0.